The average Bonchev–Trinajstić information content (AvgIpc) is 2.21. The third-order valence-electron chi connectivity index (χ3n) is 2.44. The Morgan fingerprint density at radius 1 is 0.929 bits per heavy atom. The van der Waals surface area contributed by atoms with Crippen LogP contribution >= 0.6 is 0 Å². The van der Waals surface area contributed by atoms with Crippen LogP contribution in [0.5, 0.6) is 0 Å². The maximum absolute atomic E-state index is 5.10. The molecule has 0 heterocycles. The summed E-state index contributed by atoms with van der Waals surface area (Å²) in [7, 11) is 0. The first-order valence-corrected chi connectivity index (χ1v) is 6.03. The van der Waals surface area contributed by atoms with E-state index < -0.39 is 0 Å². The van der Waals surface area contributed by atoms with Gasteiger partial charge in [-0.1, -0.05) is 63.9 Å². The number of terminal acetylenes is 1. The van der Waals surface area contributed by atoms with Crippen LogP contribution in [0, 0.1) is 12.3 Å². The van der Waals surface area contributed by atoms with Crippen molar-refractivity contribution in [2.24, 2.45) is 0 Å². The number of hydrogen-bond donors (Lipinski definition) is 0. The zero-order valence-corrected chi connectivity index (χ0v) is 9.60. The molecule has 0 aromatic heterocycles. The van der Waals surface area contributed by atoms with Crippen LogP contribution in [0.15, 0.2) is 12.2 Å². The van der Waals surface area contributed by atoms with Crippen molar-refractivity contribution >= 4 is 0 Å². The molecule has 0 spiro atoms. The Hall–Kier alpha value is -0.700. The summed E-state index contributed by atoms with van der Waals surface area (Å²) in [5.41, 5.74) is 0. The highest BCUT2D eigenvalue weighted by molar-refractivity contribution is 5.08. The van der Waals surface area contributed by atoms with E-state index in [1.54, 1.807) is 6.08 Å². The Bertz CT molecular complexity index is 159. The molecule has 0 atom stereocenters. The normalized spacial score (nSPS) is 10.6. The molecule has 0 aromatic rings. The van der Waals surface area contributed by atoms with Gasteiger partial charge < -0.3 is 0 Å². The first-order chi connectivity index (χ1) is 6.91. The van der Waals surface area contributed by atoms with Crippen molar-refractivity contribution in [3.05, 3.63) is 12.2 Å². The van der Waals surface area contributed by atoms with Gasteiger partial charge in [-0.2, -0.15) is 0 Å². The summed E-state index contributed by atoms with van der Waals surface area (Å²) >= 11 is 0. The maximum Gasteiger partial charge on any atom is -0.0162 e. The standard InChI is InChI=1S/C14H24/c1-3-5-7-9-11-13-14-12-10-8-6-4-2/h1,5,7H,4,6,8-14H2,2H3. The molecule has 0 amide bonds. The first-order valence-electron chi connectivity index (χ1n) is 6.03. The topological polar surface area (TPSA) is 0 Å². The molecule has 0 saturated heterocycles. The second-order valence-electron chi connectivity index (χ2n) is 3.83. The lowest BCUT2D eigenvalue weighted by Gasteiger charge is -1.99. The molecular weight excluding hydrogens is 168 g/mol. The fourth-order valence-electron chi connectivity index (χ4n) is 1.55. The molecule has 0 heteroatoms. The van der Waals surface area contributed by atoms with Gasteiger partial charge in [-0.05, 0) is 18.9 Å². The van der Waals surface area contributed by atoms with E-state index in [-0.39, 0.29) is 0 Å². The van der Waals surface area contributed by atoms with Crippen molar-refractivity contribution in [3.63, 3.8) is 0 Å². The Morgan fingerprint density at radius 3 is 2.07 bits per heavy atom. The lowest BCUT2D eigenvalue weighted by atomic mass is 10.1. The van der Waals surface area contributed by atoms with Crippen LogP contribution in [0.3, 0.4) is 0 Å². The first kappa shape index (κ1) is 13.3. The van der Waals surface area contributed by atoms with Gasteiger partial charge in [0.05, 0.1) is 0 Å². The number of rotatable bonds is 9. The van der Waals surface area contributed by atoms with Gasteiger partial charge in [0.25, 0.3) is 0 Å². The van der Waals surface area contributed by atoms with Gasteiger partial charge in [-0.15, -0.1) is 6.42 Å². The van der Waals surface area contributed by atoms with Gasteiger partial charge in [0.1, 0.15) is 0 Å². The Kier molecular flexibility index (Phi) is 11.7. The van der Waals surface area contributed by atoms with E-state index in [4.69, 9.17) is 6.42 Å². The van der Waals surface area contributed by atoms with Crippen LogP contribution in [0.2, 0.25) is 0 Å². The highest BCUT2D eigenvalue weighted by Crippen LogP contribution is 2.09. The molecule has 0 saturated carbocycles. The quantitative estimate of drug-likeness (QED) is 0.367. The molecule has 0 bridgehead atoms. The molecule has 0 aliphatic carbocycles. The largest absolute Gasteiger partial charge is 0.115 e. The summed E-state index contributed by atoms with van der Waals surface area (Å²) in [4.78, 5) is 0. The van der Waals surface area contributed by atoms with Gasteiger partial charge in [-0.3, -0.25) is 0 Å². The molecule has 0 unspecified atom stereocenters. The molecule has 80 valence electrons. The van der Waals surface area contributed by atoms with Gasteiger partial charge in [0.15, 0.2) is 0 Å². The average molecular weight is 192 g/mol. The summed E-state index contributed by atoms with van der Waals surface area (Å²) in [6.45, 7) is 2.26. The number of hydrogen-bond acceptors (Lipinski definition) is 0. The van der Waals surface area contributed by atoms with Crippen molar-refractivity contribution < 1.29 is 0 Å². The lowest BCUT2D eigenvalue weighted by Crippen LogP contribution is -1.79. The third kappa shape index (κ3) is 11.3. The molecule has 0 aromatic carbocycles. The van der Waals surface area contributed by atoms with E-state index in [9.17, 15) is 0 Å². The molecular formula is C14H24. The van der Waals surface area contributed by atoms with E-state index in [1.165, 1.54) is 51.4 Å². The van der Waals surface area contributed by atoms with Crippen molar-refractivity contribution in [3.8, 4) is 12.3 Å². The van der Waals surface area contributed by atoms with Crippen LogP contribution in [-0.4, -0.2) is 0 Å². The van der Waals surface area contributed by atoms with Crippen LogP contribution in [0.25, 0.3) is 0 Å². The summed E-state index contributed by atoms with van der Waals surface area (Å²) in [6.07, 6.45) is 21.2. The molecule has 0 fully saturated rings. The second kappa shape index (κ2) is 12.3. The van der Waals surface area contributed by atoms with Crippen LogP contribution < -0.4 is 0 Å². The molecule has 0 aliphatic rings. The molecule has 0 rings (SSSR count). The van der Waals surface area contributed by atoms with Gasteiger partial charge in [0.2, 0.25) is 0 Å². The summed E-state index contributed by atoms with van der Waals surface area (Å²) in [6, 6.07) is 0. The van der Waals surface area contributed by atoms with E-state index >= 15 is 0 Å². The highest BCUT2D eigenvalue weighted by Gasteiger charge is 1.89. The Labute approximate surface area is 89.8 Å². The fraction of sp³-hybridized carbons (Fsp3) is 0.714. The van der Waals surface area contributed by atoms with E-state index in [1.807, 2.05) is 0 Å². The van der Waals surface area contributed by atoms with E-state index in [2.05, 4.69) is 18.9 Å². The Morgan fingerprint density at radius 2 is 1.50 bits per heavy atom. The summed E-state index contributed by atoms with van der Waals surface area (Å²) in [5, 5.41) is 0. The molecule has 14 heavy (non-hydrogen) atoms. The van der Waals surface area contributed by atoms with Crippen LogP contribution in [-0.2, 0) is 0 Å². The molecule has 0 radical (unpaired) electrons. The van der Waals surface area contributed by atoms with Gasteiger partial charge in [-0.25, -0.2) is 0 Å². The maximum atomic E-state index is 5.10. The molecule has 0 aliphatic heterocycles. The lowest BCUT2D eigenvalue weighted by molar-refractivity contribution is 0.577. The Balaban J connectivity index is 2.93. The van der Waals surface area contributed by atoms with Crippen molar-refractivity contribution in [1.82, 2.24) is 0 Å². The SMILES string of the molecule is C#CC=CCCCCCCCCCC. The van der Waals surface area contributed by atoms with Gasteiger partial charge in [0, 0.05) is 0 Å². The van der Waals surface area contributed by atoms with Crippen molar-refractivity contribution in [2.75, 3.05) is 0 Å². The van der Waals surface area contributed by atoms with Gasteiger partial charge >= 0.3 is 0 Å². The van der Waals surface area contributed by atoms with Crippen molar-refractivity contribution in [2.45, 2.75) is 64.7 Å². The van der Waals surface area contributed by atoms with Crippen molar-refractivity contribution in [1.29, 1.82) is 0 Å². The monoisotopic (exact) mass is 192 g/mol. The minimum Gasteiger partial charge on any atom is -0.115 e. The second-order valence-corrected chi connectivity index (χ2v) is 3.83. The predicted molar refractivity (Wildman–Crippen MR) is 65.2 cm³/mol. The highest BCUT2D eigenvalue weighted by atomic mass is 14.0. The molecule has 0 nitrogen and oxygen atoms in total. The minimum absolute atomic E-state index is 1.15. The van der Waals surface area contributed by atoms with E-state index in [0.717, 1.165) is 6.42 Å². The number of allylic oxidation sites excluding steroid dienone is 2. The minimum atomic E-state index is 1.15. The zero-order valence-electron chi connectivity index (χ0n) is 9.60. The zero-order chi connectivity index (χ0) is 10.5. The third-order valence-corrected chi connectivity index (χ3v) is 2.44. The fourth-order valence-corrected chi connectivity index (χ4v) is 1.55. The van der Waals surface area contributed by atoms with E-state index in [0.29, 0.717) is 0 Å². The van der Waals surface area contributed by atoms with Crippen LogP contribution in [0.4, 0.5) is 0 Å². The predicted octanol–water partition coefficient (Wildman–Crippen LogP) is 4.71. The summed E-state index contributed by atoms with van der Waals surface area (Å²) in [5.74, 6) is 2.51. The van der Waals surface area contributed by atoms with Crippen LogP contribution in [0.1, 0.15) is 64.7 Å². The summed E-state index contributed by atoms with van der Waals surface area (Å²) < 4.78 is 0. The number of unbranched alkanes of at least 4 members (excludes halogenated alkanes) is 8. The molecule has 0 N–H and O–H groups in total. The smallest absolute Gasteiger partial charge is 0.0162 e.